The van der Waals surface area contributed by atoms with Gasteiger partial charge in [0, 0.05) is 19.5 Å². The van der Waals surface area contributed by atoms with Gasteiger partial charge in [-0.25, -0.2) is 9.18 Å². The number of amides is 1. The van der Waals surface area contributed by atoms with Crippen molar-refractivity contribution in [1.29, 1.82) is 0 Å². The van der Waals surface area contributed by atoms with Gasteiger partial charge < -0.3 is 10.5 Å². The molecule has 0 fully saturated rings. The number of carbonyl (C=O) groups excluding carboxylic acids is 1. The van der Waals surface area contributed by atoms with Gasteiger partial charge >= 0.3 is 11.9 Å². The van der Waals surface area contributed by atoms with E-state index < -0.39 is 46.7 Å². The first-order valence-electron chi connectivity index (χ1n) is 7.49. The minimum absolute atomic E-state index is 0.333. The molecule has 2 N–H and O–H groups in total. The van der Waals surface area contributed by atoms with E-state index in [1.54, 1.807) is 6.92 Å². The Bertz CT molecular complexity index is 902. The highest BCUT2D eigenvalue weighted by molar-refractivity contribution is 5.96. The Morgan fingerprint density at radius 3 is 2.46 bits per heavy atom. The lowest BCUT2D eigenvalue weighted by Crippen LogP contribution is -2.32. The van der Waals surface area contributed by atoms with E-state index in [2.05, 4.69) is 5.10 Å². The number of benzene rings is 1. The van der Waals surface area contributed by atoms with Crippen LogP contribution in [0.15, 0.2) is 16.9 Å². The van der Waals surface area contributed by atoms with Crippen LogP contribution in [0.4, 0.5) is 17.6 Å². The zero-order valence-corrected chi connectivity index (χ0v) is 14.1. The topological polar surface area (TPSA) is 92.1 Å². The zero-order valence-electron chi connectivity index (χ0n) is 14.1. The van der Waals surface area contributed by atoms with Gasteiger partial charge in [-0.3, -0.25) is 9.36 Å². The maximum absolute atomic E-state index is 14.4. The van der Waals surface area contributed by atoms with Crippen molar-refractivity contribution in [2.75, 3.05) is 0 Å². The molecule has 2 aromatic rings. The monoisotopic (exact) mass is 376 g/mol. The number of nitrogens with zero attached hydrogens (tertiary/aromatic N) is 3. The predicted molar refractivity (Wildman–Crippen MR) is 82.8 cm³/mol. The fourth-order valence-electron chi connectivity index (χ4n) is 2.19. The summed E-state index contributed by atoms with van der Waals surface area (Å²) >= 11 is 0. The van der Waals surface area contributed by atoms with E-state index in [0.717, 1.165) is 13.0 Å². The number of aromatic nitrogens is 3. The highest BCUT2D eigenvalue weighted by Crippen LogP contribution is 2.30. The van der Waals surface area contributed by atoms with E-state index in [0.29, 0.717) is 23.0 Å². The minimum Gasteiger partial charge on any atom is -0.480 e. The lowest BCUT2D eigenvalue weighted by atomic mass is 10.1. The Kier molecular flexibility index (Phi) is 5.10. The van der Waals surface area contributed by atoms with E-state index in [1.807, 2.05) is 0 Å². The number of nitrogens with two attached hydrogens (primary N) is 1. The molecule has 0 aliphatic heterocycles. The average molecular weight is 376 g/mol. The highest BCUT2D eigenvalue weighted by Gasteiger charge is 2.38. The molecule has 0 radical (unpaired) electrons. The summed E-state index contributed by atoms with van der Waals surface area (Å²) in [6, 6.07) is 1.41. The van der Waals surface area contributed by atoms with Crippen molar-refractivity contribution in [3.63, 3.8) is 0 Å². The molecule has 7 nitrogen and oxygen atoms in total. The molecule has 0 unspecified atom stereocenters. The molecule has 0 saturated carbocycles. The molecule has 1 amide bonds. The fourth-order valence-corrected chi connectivity index (χ4v) is 2.19. The van der Waals surface area contributed by atoms with Crippen LogP contribution in [0.2, 0.25) is 0 Å². The Balaban J connectivity index is 2.64. The fraction of sp³-hybridized carbons (Fsp3) is 0.400. The molecule has 2 rings (SSSR count). The third-order valence-corrected chi connectivity index (χ3v) is 3.69. The number of hydrogen-bond donors (Lipinski definition) is 1. The van der Waals surface area contributed by atoms with E-state index in [1.165, 1.54) is 11.6 Å². The summed E-state index contributed by atoms with van der Waals surface area (Å²) in [7, 11) is 1.42. The lowest BCUT2D eigenvalue weighted by molar-refractivity contribution is -0.189. The summed E-state index contributed by atoms with van der Waals surface area (Å²) in [4.78, 5) is 23.6. The molecule has 1 atom stereocenters. The van der Waals surface area contributed by atoms with Gasteiger partial charge in [0.15, 0.2) is 6.10 Å². The van der Waals surface area contributed by atoms with Crippen LogP contribution in [0.3, 0.4) is 0 Å². The van der Waals surface area contributed by atoms with E-state index in [4.69, 9.17) is 10.5 Å². The Morgan fingerprint density at radius 2 is 2.00 bits per heavy atom. The SMILES string of the molecule is CCc1nn(-c2cc(O[C@@H](C)C(F)(F)F)c(C(N)=O)cc2F)c(=O)n1C. The average Bonchev–Trinajstić information content (AvgIpc) is 2.82. The molecule has 0 aliphatic carbocycles. The van der Waals surface area contributed by atoms with Crippen molar-refractivity contribution in [3.8, 4) is 11.4 Å². The first kappa shape index (κ1) is 19.5. The zero-order chi connectivity index (χ0) is 19.8. The lowest BCUT2D eigenvalue weighted by Gasteiger charge is -2.19. The number of ether oxygens (including phenoxy) is 1. The molecule has 0 saturated heterocycles. The maximum atomic E-state index is 14.4. The Hall–Kier alpha value is -2.85. The van der Waals surface area contributed by atoms with Crippen molar-refractivity contribution in [1.82, 2.24) is 14.3 Å². The first-order valence-corrected chi connectivity index (χ1v) is 7.49. The summed E-state index contributed by atoms with van der Waals surface area (Å²) < 4.78 is 59.2. The summed E-state index contributed by atoms with van der Waals surface area (Å²) in [6.07, 6.45) is -6.64. The van der Waals surface area contributed by atoms with Gasteiger partial charge in [-0.2, -0.15) is 17.9 Å². The molecular formula is C15H16F4N4O3. The van der Waals surface area contributed by atoms with Crippen LogP contribution in [-0.2, 0) is 13.5 Å². The van der Waals surface area contributed by atoms with Gasteiger partial charge in [0.2, 0.25) is 0 Å². The van der Waals surface area contributed by atoms with Gasteiger partial charge in [-0.05, 0) is 13.0 Å². The van der Waals surface area contributed by atoms with Gasteiger partial charge in [0.05, 0.1) is 5.56 Å². The van der Waals surface area contributed by atoms with Crippen LogP contribution in [0.1, 0.15) is 30.0 Å². The molecule has 0 spiro atoms. The Morgan fingerprint density at radius 1 is 1.38 bits per heavy atom. The largest absolute Gasteiger partial charge is 0.480 e. The third kappa shape index (κ3) is 3.55. The molecule has 11 heteroatoms. The molecule has 0 bridgehead atoms. The van der Waals surface area contributed by atoms with Crippen molar-refractivity contribution in [2.24, 2.45) is 12.8 Å². The van der Waals surface area contributed by atoms with E-state index in [-0.39, 0.29) is 0 Å². The molecule has 26 heavy (non-hydrogen) atoms. The highest BCUT2D eigenvalue weighted by atomic mass is 19.4. The predicted octanol–water partition coefficient (Wildman–Crippen LogP) is 1.70. The minimum atomic E-state index is -4.72. The van der Waals surface area contributed by atoms with Crippen molar-refractivity contribution < 1.29 is 27.1 Å². The number of alkyl halides is 3. The van der Waals surface area contributed by atoms with Gasteiger partial charge in [-0.15, -0.1) is 5.10 Å². The van der Waals surface area contributed by atoms with Crippen molar-refractivity contribution >= 4 is 5.91 Å². The van der Waals surface area contributed by atoms with Gasteiger partial charge in [-0.1, -0.05) is 6.92 Å². The van der Waals surface area contributed by atoms with Crippen LogP contribution in [0, 0.1) is 5.82 Å². The second-order valence-electron chi connectivity index (χ2n) is 5.49. The number of primary amides is 1. The molecule has 0 aliphatic rings. The summed E-state index contributed by atoms with van der Waals surface area (Å²) in [5.41, 5.74) is 3.34. The van der Waals surface area contributed by atoms with Gasteiger partial charge in [0.1, 0.15) is 23.1 Å². The number of hydrogen-bond acceptors (Lipinski definition) is 4. The maximum Gasteiger partial charge on any atom is 0.425 e. The van der Waals surface area contributed by atoms with Crippen LogP contribution >= 0.6 is 0 Å². The second-order valence-corrected chi connectivity index (χ2v) is 5.49. The molecule has 1 heterocycles. The third-order valence-electron chi connectivity index (χ3n) is 3.69. The number of carbonyl (C=O) groups is 1. The number of rotatable bonds is 5. The summed E-state index contributed by atoms with van der Waals surface area (Å²) in [6.45, 7) is 2.44. The Labute approximate surface area is 145 Å². The van der Waals surface area contributed by atoms with Crippen LogP contribution in [0.5, 0.6) is 5.75 Å². The van der Waals surface area contributed by atoms with E-state index >= 15 is 0 Å². The van der Waals surface area contributed by atoms with E-state index in [9.17, 15) is 27.2 Å². The normalized spacial score (nSPS) is 12.9. The number of halogens is 4. The van der Waals surface area contributed by atoms with Gasteiger partial charge in [0.25, 0.3) is 5.91 Å². The quantitative estimate of drug-likeness (QED) is 0.804. The molecule has 1 aromatic carbocycles. The van der Waals surface area contributed by atoms with Crippen molar-refractivity contribution in [3.05, 3.63) is 39.8 Å². The summed E-state index contributed by atoms with van der Waals surface area (Å²) in [5.74, 6) is -2.51. The smallest absolute Gasteiger partial charge is 0.425 e. The van der Waals surface area contributed by atoms with Crippen LogP contribution in [0.25, 0.3) is 5.69 Å². The van der Waals surface area contributed by atoms with Crippen LogP contribution in [-0.4, -0.2) is 32.5 Å². The van der Waals surface area contributed by atoms with Crippen molar-refractivity contribution in [2.45, 2.75) is 32.5 Å². The second kappa shape index (κ2) is 6.81. The number of aryl methyl sites for hydroxylation is 1. The molecular weight excluding hydrogens is 360 g/mol. The first-order chi connectivity index (χ1) is 12.0. The molecule has 142 valence electrons. The molecule has 1 aromatic heterocycles. The van der Waals surface area contributed by atoms with Crippen LogP contribution < -0.4 is 16.2 Å². The summed E-state index contributed by atoms with van der Waals surface area (Å²) in [5, 5.41) is 3.94. The standard InChI is InChI=1S/C15H16F4N4O3/c1-4-12-21-23(14(25)22(12)3)10-6-11(26-7(2)15(17,18)19)8(13(20)24)5-9(10)16/h5-7H,4H2,1-3H3,(H2,20,24)/t7-/m0/s1.